The van der Waals surface area contributed by atoms with Crippen LogP contribution in [0.1, 0.15) is 6.42 Å². The van der Waals surface area contributed by atoms with Gasteiger partial charge < -0.3 is 9.64 Å². The molecule has 0 aromatic heterocycles. The standard InChI is InChI=1S/C5H10N2O2/c6-4-9-5(8)7-2-1-3-7/h1-4,6H2. The van der Waals surface area contributed by atoms with Gasteiger partial charge in [-0.25, -0.2) is 4.79 Å². The summed E-state index contributed by atoms with van der Waals surface area (Å²) < 4.78 is 4.51. The maximum atomic E-state index is 10.6. The van der Waals surface area contributed by atoms with Crippen LogP contribution in [-0.2, 0) is 4.74 Å². The third-order valence-corrected chi connectivity index (χ3v) is 1.32. The summed E-state index contributed by atoms with van der Waals surface area (Å²) in [6.45, 7) is 1.62. The average Bonchev–Trinajstić information content (AvgIpc) is 1.60. The summed E-state index contributed by atoms with van der Waals surface area (Å²) in [5.41, 5.74) is 4.98. The first-order chi connectivity index (χ1) is 4.34. The van der Waals surface area contributed by atoms with Gasteiger partial charge in [0.1, 0.15) is 6.73 Å². The number of amides is 1. The van der Waals surface area contributed by atoms with E-state index in [1.165, 1.54) is 0 Å². The molecule has 0 bridgehead atoms. The topological polar surface area (TPSA) is 55.6 Å². The second kappa shape index (κ2) is 2.68. The lowest BCUT2D eigenvalue weighted by molar-refractivity contribution is 0.0829. The molecule has 52 valence electrons. The van der Waals surface area contributed by atoms with Gasteiger partial charge in [0.05, 0.1) is 0 Å². The zero-order valence-corrected chi connectivity index (χ0v) is 5.17. The van der Waals surface area contributed by atoms with E-state index < -0.39 is 0 Å². The molecule has 0 atom stereocenters. The van der Waals surface area contributed by atoms with Crippen LogP contribution >= 0.6 is 0 Å². The van der Waals surface area contributed by atoms with E-state index in [4.69, 9.17) is 5.73 Å². The molecule has 9 heavy (non-hydrogen) atoms. The normalized spacial score (nSPS) is 16.8. The van der Waals surface area contributed by atoms with Crippen molar-refractivity contribution in [1.29, 1.82) is 0 Å². The third-order valence-electron chi connectivity index (χ3n) is 1.32. The molecule has 0 aromatic rings. The molecular formula is C5H10N2O2. The van der Waals surface area contributed by atoms with Crippen LogP contribution in [0.2, 0.25) is 0 Å². The smallest absolute Gasteiger partial charge is 0.411 e. The molecule has 4 heteroatoms. The maximum absolute atomic E-state index is 10.6. The summed E-state index contributed by atoms with van der Waals surface area (Å²) in [4.78, 5) is 12.3. The number of carbonyl (C=O) groups excluding carboxylic acids is 1. The first kappa shape index (κ1) is 6.35. The van der Waals surface area contributed by atoms with Crippen molar-refractivity contribution in [3.63, 3.8) is 0 Å². The number of carbonyl (C=O) groups is 1. The van der Waals surface area contributed by atoms with Gasteiger partial charge in [-0.2, -0.15) is 0 Å². The van der Waals surface area contributed by atoms with Gasteiger partial charge in [-0.05, 0) is 6.42 Å². The number of likely N-dealkylation sites (tertiary alicyclic amines) is 1. The van der Waals surface area contributed by atoms with Crippen LogP contribution in [0.15, 0.2) is 0 Å². The van der Waals surface area contributed by atoms with Crippen LogP contribution in [0.3, 0.4) is 0 Å². The Bertz CT molecular complexity index is 112. The third kappa shape index (κ3) is 1.32. The Morgan fingerprint density at radius 2 is 2.33 bits per heavy atom. The van der Waals surface area contributed by atoms with Crippen molar-refractivity contribution in [1.82, 2.24) is 4.90 Å². The van der Waals surface area contributed by atoms with Crippen molar-refractivity contribution in [3.8, 4) is 0 Å². The predicted octanol–water partition coefficient (Wildman–Crippen LogP) is -0.255. The maximum Gasteiger partial charge on any atom is 0.411 e. The molecule has 1 rings (SSSR count). The highest BCUT2D eigenvalue weighted by Crippen LogP contribution is 2.06. The molecule has 1 amide bonds. The van der Waals surface area contributed by atoms with Crippen LogP contribution in [-0.4, -0.2) is 30.8 Å². The SMILES string of the molecule is NCOC(=O)N1CCC1. The van der Waals surface area contributed by atoms with Crippen molar-refractivity contribution in [2.45, 2.75) is 6.42 Å². The lowest BCUT2D eigenvalue weighted by Gasteiger charge is -2.29. The molecule has 0 spiro atoms. The van der Waals surface area contributed by atoms with E-state index in [2.05, 4.69) is 4.74 Å². The summed E-state index contributed by atoms with van der Waals surface area (Å²) in [6, 6.07) is 0. The molecule has 2 N–H and O–H groups in total. The largest absolute Gasteiger partial charge is 0.434 e. The van der Waals surface area contributed by atoms with Gasteiger partial charge >= 0.3 is 6.09 Å². The Balaban J connectivity index is 2.16. The van der Waals surface area contributed by atoms with E-state index in [9.17, 15) is 4.79 Å². The molecule has 1 aliphatic heterocycles. The van der Waals surface area contributed by atoms with Gasteiger partial charge in [0, 0.05) is 13.1 Å². The fourth-order valence-corrected chi connectivity index (χ4v) is 0.661. The summed E-state index contributed by atoms with van der Waals surface area (Å²) in [6.07, 6.45) is 0.795. The van der Waals surface area contributed by atoms with E-state index in [1.807, 2.05) is 0 Å². The van der Waals surface area contributed by atoms with Gasteiger partial charge in [-0.3, -0.25) is 5.73 Å². The van der Waals surface area contributed by atoms with Crippen molar-refractivity contribution in [3.05, 3.63) is 0 Å². The van der Waals surface area contributed by atoms with Gasteiger partial charge in [-0.15, -0.1) is 0 Å². The minimum Gasteiger partial charge on any atom is -0.434 e. The van der Waals surface area contributed by atoms with Crippen molar-refractivity contribution >= 4 is 6.09 Å². The number of rotatable bonds is 1. The highest BCUT2D eigenvalue weighted by atomic mass is 16.6. The van der Waals surface area contributed by atoms with Crippen LogP contribution in [0.5, 0.6) is 0 Å². The monoisotopic (exact) mass is 130 g/mol. The molecule has 1 aliphatic rings. The number of ether oxygens (including phenoxy) is 1. The van der Waals surface area contributed by atoms with E-state index in [0.717, 1.165) is 19.5 Å². The van der Waals surface area contributed by atoms with Crippen LogP contribution < -0.4 is 5.73 Å². The zero-order valence-electron chi connectivity index (χ0n) is 5.17. The number of hydrogen-bond donors (Lipinski definition) is 1. The Hall–Kier alpha value is -0.770. The fraction of sp³-hybridized carbons (Fsp3) is 0.800. The summed E-state index contributed by atoms with van der Waals surface area (Å²) in [7, 11) is 0. The molecule has 0 unspecified atom stereocenters. The molecule has 1 saturated heterocycles. The second-order valence-corrected chi connectivity index (χ2v) is 1.92. The van der Waals surface area contributed by atoms with E-state index in [1.54, 1.807) is 4.90 Å². The van der Waals surface area contributed by atoms with Gasteiger partial charge in [-0.1, -0.05) is 0 Å². The van der Waals surface area contributed by atoms with Crippen molar-refractivity contribution in [2.75, 3.05) is 19.8 Å². The minimum atomic E-state index is -0.288. The molecule has 0 radical (unpaired) electrons. The van der Waals surface area contributed by atoms with Gasteiger partial charge in [0.15, 0.2) is 0 Å². The Kier molecular flexibility index (Phi) is 1.89. The minimum absolute atomic E-state index is 0.0185. The van der Waals surface area contributed by atoms with Crippen LogP contribution in [0, 0.1) is 0 Å². The second-order valence-electron chi connectivity index (χ2n) is 1.92. The first-order valence-electron chi connectivity index (χ1n) is 2.96. The lowest BCUT2D eigenvalue weighted by atomic mass is 10.2. The highest BCUT2D eigenvalue weighted by molar-refractivity contribution is 5.68. The van der Waals surface area contributed by atoms with Crippen molar-refractivity contribution in [2.24, 2.45) is 5.73 Å². The molecule has 0 aromatic carbocycles. The summed E-state index contributed by atoms with van der Waals surface area (Å²) in [5, 5.41) is 0. The average molecular weight is 130 g/mol. The van der Waals surface area contributed by atoms with E-state index in [-0.39, 0.29) is 12.8 Å². The molecular weight excluding hydrogens is 120 g/mol. The number of nitrogens with zero attached hydrogens (tertiary/aromatic N) is 1. The van der Waals surface area contributed by atoms with Crippen LogP contribution in [0.4, 0.5) is 4.79 Å². The predicted molar refractivity (Wildman–Crippen MR) is 31.7 cm³/mol. The summed E-state index contributed by atoms with van der Waals surface area (Å²) >= 11 is 0. The lowest BCUT2D eigenvalue weighted by Crippen LogP contribution is -2.42. The summed E-state index contributed by atoms with van der Waals surface area (Å²) in [5.74, 6) is 0. The number of nitrogens with two attached hydrogens (primary N) is 1. The van der Waals surface area contributed by atoms with Gasteiger partial charge in [0.25, 0.3) is 0 Å². The Labute approximate surface area is 53.6 Å². The molecule has 1 fully saturated rings. The molecule has 4 nitrogen and oxygen atoms in total. The van der Waals surface area contributed by atoms with Crippen LogP contribution in [0.25, 0.3) is 0 Å². The molecule has 0 aliphatic carbocycles. The zero-order chi connectivity index (χ0) is 6.69. The fourth-order valence-electron chi connectivity index (χ4n) is 0.661. The number of hydrogen-bond acceptors (Lipinski definition) is 3. The molecule has 1 heterocycles. The van der Waals surface area contributed by atoms with Gasteiger partial charge in [0.2, 0.25) is 0 Å². The molecule has 0 saturated carbocycles. The van der Waals surface area contributed by atoms with E-state index >= 15 is 0 Å². The van der Waals surface area contributed by atoms with E-state index in [0.29, 0.717) is 0 Å². The Morgan fingerprint density at radius 3 is 2.67 bits per heavy atom. The quantitative estimate of drug-likeness (QED) is 0.498. The first-order valence-corrected chi connectivity index (χ1v) is 2.96. The Morgan fingerprint density at radius 1 is 1.67 bits per heavy atom. The van der Waals surface area contributed by atoms with Crippen molar-refractivity contribution < 1.29 is 9.53 Å². The highest BCUT2D eigenvalue weighted by Gasteiger charge is 2.20.